The molecule has 0 radical (unpaired) electrons. The number of benzene rings is 2. The zero-order chi connectivity index (χ0) is 50.0. The summed E-state index contributed by atoms with van der Waals surface area (Å²) >= 11 is 0. The highest BCUT2D eigenvalue weighted by atomic mass is 16.8. The van der Waals surface area contributed by atoms with E-state index in [1.54, 1.807) is 0 Å². The maximum atomic E-state index is 13.4. The van der Waals surface area contributed by atoms with Gasteiger partial charge in [-0.05, 0) is 29.2 Å². The van der Waals surface area contributed by atoms with Crippen molar-refractivity contribution in [2.75, 3.05) is 19.8 Å². The van der Waals surface area contributed by atoms with Gasteiger partial charge in [0.1, 0.15) is 44.2 Å². The Labute approximate surface area is 389 Å². The van der Waals surface area contributed by atoms with E-state index in [2.05, 4.69) is 10.6 Å². The molecule has 2 saturated heterocycles. The number of fused-ring (bicyclic) bond motifs is 3. The number of alkyl carbamates (subject to hydrolysis) is 1. The Morgan fingerprint density at radius 2 is 1.03 bits per heavy atom. The molecule has 2 amide bonds. The molecule has 370 valence electrons. The van der Waals surface area contributed by atoms with Crippen LogP contribution in [-0.2, 0) is 90.5 Å². The zero-order valence-corrected chi connectivity index (χ0v) is 38.4. The van der Waals surface area contributed by atoms with E-state index in [0.29, 0.717) is 0 Å². The Kier molecular flexibility index (Phi) is 18.0. The number of carbonyl (C=O) groups is 9. The Morgan fingerprint density at radius 1 is 0.574 bits per heavy atom. The average molecular weight is 959 g/mol. The van der Waals surface area contributed by atoms with Crippen LogP contribution in [0, 0.1) is 0 Å². The molecule has 12 atom stereocenters. The number of hydrogen-bond donors (Lipinski definition) is 3. The first kappa shape index (κ1) is 52.3. The zero-order valence-electron chi connectivity index (χ0n) is 38.4. The second-order valence-corrected chi connectivity index (χ2v) is 15.9. The van der Waals surface area contributed by atoms with Crippen LogP contribution in [0.25, 0.3) is 11.1 Å². The van der Waals surface area contributed by atoms with E-state index in [0.717, 1.165) is 70.7 Å². The molecule has 68 heavy (non-hydrogen) atoms. The van der Waals surface area contributed by atoms with Gasteiger partial charge in [-0.3, -0.25) is 33.6 Å². The lowest BCUT2D eigenvalue weighted by molar-refractivity contribution is -0.349. The number of carbonyl (C=O) groups excluding carboxylic acids is 8. The third-order valence-corrected chi connectivity index (χ3v) is 10.7. The molecule has 2 aromatic carbocycles. The number of carboxylic acids is 1. The molecule has 1 aliphatic carbocycles. The monoisotopic (exact) mass is 958 g/mol. The lowest BCUT2D eigenvalue weighted by Gasteiger charge is -2.49. The van der Waals surface area contributed by atoms with Crippen molar-refractivity contribution in [1.82, 2.24) is 10.6 Å². The second kappa shape index (κ2) is 23.4. The number of nitrogens with one attached hydrogen (secondary N) is 2. The Morgan fingerprint density at radius 3 is 1.50 bits per heavy atom. The fourth-order valence-electron chi connectivity index (χ4n) is 8.13. The van der Waals surface area contributed by atoms with Gasteiger partial charge in [-0.25, -0.2) is 9.59 Å². The van der Waals surface area contributed by atoms with E-state index in [4.69, 9.17) is 52.1 Å². The summed E-state index contributed by atoms with van der Waals surface area (Å²) in [6.45, 7) is 7.00. The van der Waals surface area contributed by atoms with Crippen molar-refractivity contribution in [2.24, 2.45) is 0 Å². The maximum absolute atomic E-state index is 13.4. The van der Waals surface area contributed by atoms with Crippen molar-refractivity contribution in [3.8, 4) is 11.1 Å². The van der Waals surface area contributed by atoms with Gasteiger partial charge in [-0.2, -0.15) is 0 Å². The summed E-state index contributed by atoms with van der Waals surface area (Å²) in [6.07, 6.45) is -18.1. The molecule has 2 aliphatic heterocycles. The van der Waals surface area contributed by atoms with Crippen molar-refractivity contribution in [3.63, 3.8) is 0 Å². The van der Waals surface area contributed by atoms with Gasteiger partial charge >= 0.3 is 47.9 Å². The van der Waals surface area contributed by atoms with E-state index < -0.39 is 140 Å². The van der Waals surface area contributed by atoms with Crippen molar-refractivity contribution in [2.45, 2.75) is 135 Å². The predicted octanol–water partition coefficient (Wildman–Crippen LogP) is 1.58. The van der Waals surface area contributed by atoms with E-state index in [9.17, 15) is 48.3 Å². The number of aliphatic carboxylic acids is 1. The molecule has 23 nitrogen and oxygen atoms in total. The third kappa shape index (κ3) is 13.5. The minimum absolute atomic E-state index is 0.161. The van der Waals surface area contributed by atoms with Crippen LogP contribution in [0.2, 0.25) is 0 Å². The van der Waals surface area contributed by atoms with Crippen LogP contribution in [0.4, 0.5) is 4.79 Å². The van der Waals surface area contributed by atoms with Gasteiger partial charge in [0.25, 0.3) is 0 Å². The molecular weight excluding hydrogens is 904 g/mol. The van der Waals surface area contributed by atoms with Crippen LogP contribution in [0.3, 0.4) is 0 Å². The predicted molar refractivity (Wildman–Crippen MR) is 225 cm³/mol. The molecule has 0 saturated carbocycles. The van der Waals surface area contributed by atoms with Crippen LogP contribution in [-0.4, -0.2) is 152 Å². The number of ether oxygens (including phenoxy) is 11. The first-order valence-electron chi connectivity index (χ1n) is 21.3. The first-order chi connectivity index (χ1) is 32.1. The van der Waals surface area contributed by atoms with E-state index in [-0.39, 0.29) is 12.5 Å². The van der Waals surface area contributed by atoms with Crippen LogP contribution >= 0.6 is 0 Å². The van der Waals surface area contributed by atoms with Crippen molar-refractivity contribution >= 4 is 53.8 Å². The number of amides is 2. The minimum atomic E-state index is -1.94. The molecular formula is C45H54N2O21. The van der Waals surface area contributed by atoms with Crippen LogP contribution in [0.1, 0.15) is 72.4 Å². The van der Waals surface area contributed by atoms with Gasteiger partial charge in [-0.1, -0.05) is 48.5 Å². The van der Waals surface area contributed by atoms with Gasteiger partial charge in [0.05, 0.1) is 6.10 Å². The summed E-state index contributed by atoms with van der Waals surface area (Å²) < 4.78 is 63.1. The molecule has 0 spiro atoms. The highest BCUT2D eigenvalue weighted by Crippen LogP contribution is 2.44. The highest BCUT2D eigenvalue weighted by molar-refractivity contribution is 5.81. The lowest BCUT2D eigenvalue weighted by atomic mass is 9.94. The minimum Gasteiger partial charge on any atom is -0.480 e. The molecule has 3 aliphatic rings. The smallest absolute Gasteiger partial charge is 0.407 e. The molecule has 2 heterocycles. The summed E-state index contributed by atoms with van der Waals surface area (Å²) in [5.41, 5.74) is 3.73. The molecule has 2 aromatic rings. The van der Waals surface area contributed by atoms with E-state index >= 15 is 0 Å². The van der Waals surface area contributed by atoms with Crippen molar-refractivity contribution < 1.29 is 100 Å². The van der Waals surface area contributed by atoms with Crippen LogP contribution in [0.5, 0.6) is 0 Å². The first-order valence-corrected chi connectivity index (χ1v) is 21.3. The number of esters is 6. The lowest BCUT2D eigenvalue weighted by Crippen LogP contribution is -2.70. The summed E-state index contributed by atoms with van der Waals surface area (Å²) in [7, 11) is 0. The molecule has 0 aromatic heterocycles. The standard InChI is InChI=1S/C45H54N2O21/c1-20(35(42(55)56)47-45(57)60-17-32-30-15-11-9-13-28(30)29-14-10-12-16-31(29)32)61-43-36(46-21(2)48)39(37(62-24(5)51)33(66-43)18-58-22(3)49)68-44-41(65-27(8)54)40(64-26(7)53)38(63-25(6)52)34(67-44)19-59-23(4)50/h9-16,20,32-41,43-44H,17-19H2,1-8H3,(H,46,48)(H,47,57)(H,55,56)/t20-,33-,34-,35+,36-,37+,38+,39-,40+,41-,43+,44+/m1/s1. The second-order valence-electron chi connectivity index (χ2n) is 15.9. The van der Waals surface area contributed by atoms with Gasteiger partial charge in [0.15, 0.2) is 43.0 Å². The summed E-state index contributed by atoms with van der Waals surface area (Å²) in [5, 5.41) is 15.3. The van der Waals surface area contributed by atoms with Gasteiger partial charge in [0.2, 0.25) is 5.91 Å². The number of carboxylic acid groups (broad SMARTS) is 1. The van der Waals surface area contributed by atoms with E-state index in [1.165, 1.54) is 6.92 Å². The van der Waals surface area contributed by atoms with Crippen LogP contribution < -0.4 is 10.6 Å². The van der Waals surface area contributed by atoms with Gasteiger partial charge in [-0.15, -0.1) is 0 Å². The number of hydrogen-bond acceptors (Lipinski definition) is 20. The largest absolute Gasteiger partial charge is 0.480 e. The quantitative estimate of drug-likeness (QED) is 0.141. The summed E-state index contributed by atoms with van der Waals surface area (Å²) in [5.74, 6) is -8.16. The highest BCUT2D eigenvalue weighted by Gasteiger charge is 2.57. The third-order valence-electron chi connectivity index (χ3n) is 10.7. The maximum Gasteiger partial charge on any atom is 0.407 e. The van der Waals surface area contributed by atoms with Crippen molar-refractivity contribution in [1.29, 1.82) is 0 Å². The summed E-state index contributed by atoms with van der Waals surface area (Å²) in [6, 6.07) is 11.7. The fraction of sp³-hybridized carbons (Fsp3) is 0.533. The molecule has 2 fully saturated rings. The fourth-order valence-corrected chi connectivity index (χ4v) is 8.13. The Hall–Kier alpha value is -6.69. The van der Waals surface area contributed by atoms with Gasteiger partial charge in [0, 0.05) is 54.4 Å². The Bertz CT molecular complexity index is 2170. The van der Waals surface area contributed by atoms with E-state index in [1.807, 2.05) is 48.5 Å². The average Bonchev–Trinajstić information content (AvgIpc) is 3.57. The van der Waals surface area contributed by atoms with Crippen molar-refractivity contribution in [3.05, 3.63) is 59.7 Å². The number of rotatable bonds is 18. The Balaban J connectivity index is 1.49. The molecule has 0 bridgehead atoms. The van der Waals surface area contributed by atoms with Crippen LogP contribution in [0.15, 0.2) is 48.5 Å². The molecule has 23 heteroatoms. The SMILES string of the molecule is CC(=O)N[C@H]1[C@@H](O[C@H](C)[C@H](NC(=O)OCC2c3ccccc3-c3ccccc32)C(=O)O)O[C@H](COC(C)=O)[C@H](OC(C)=O)[C@@H]1O[C@@H]1O[C@H](COC(C)=O)[C@H](OC(C)=O)[C@H](OC(C)=O)[C@H]1OC(C)=O. The molecule has 0 unspecified atom stereocenters. The topological polar surface area (TPSA) is 299 Å². The summed E-state index contributed by atoms with van der Waals surface area (Å²) in [4.78, 5) is 114. The normalized spacial score (nSPS) is 25.9. The molecule has 3 N–H and O–H groups in total. The molecule has 5 rings (SSSR count). The van der Waals surface area contributed by atoms with Gasteiger partial charge < -0.3 is 67.8 Å².